The summed E-state index contributed by atoms with van der Waals surface area (Å²) in [5.41, 5.74) is 8.26. The summed E-state index contributed by atoms with van der Waals surface area (Å²) in [6.07, 6.45) is 8.66. The highest BCUT2D eigenvalue weighted by molar-refractivity contribution is 5.98. The normalized spacial score (nSPS) is 13.3. The Morgan fingerprint density at radius 2 is 1.31 bits per heavy atom. The van der Waals surface area contributed by atoms with Gasteiger partial charge in [-0.3, -0.25) is 24.5 Å². The Morgan fingerprint density at radius 3 is 2.00 bits per heavy atom. The van der Waals surface area contributed by atoms with Gasteiger partial charge < -0.3 is 14.4 Å². The number of rotatable bonds is 6. The van der Waals surface area contributed by atoms with Gasteiger partial charge in [0.15, 0.2) is 0 Å². The number of carbonyl (C=O) groups excluding carboxylic acids is 2. The number of benzene rings is 3. The molecule has 10 heteroatoms. The van der Waals surface area contributed by atoms with Crippen molar-refractivity contribution in [2.45, 2.75) is 26.2 Å². The molecule has 9 rings (SSSR count). The highest BCUT2D eigenvalue weighted by atomic mass is 19.1. The Kier molecular flexibility index (Phi) is 8.56. The van der Waals surface area contributed by atoms with Crippen LogP contribution in [-0.2, 0) is 33.2 Å². The molecule has 0 atom stereocenters. The molecule has 8 nitrogen and oxygen atoms in total. The van der Waals surface area contributed by atoms with Crippen molar-refractivity contribution in [3.63, 3.8) is 0 Å². The predicted molar refractivity (Wildman–Crippen MR) is 194 cm³/mol. The minimum atomic E-state index is -0.326. The average molecular weight is 691 g/mol. The lowest BCUT2D eigenvalue weighted by atomic mass is 10.0. The molecule has 0 fully saturated rings. The summed E-state index contributed by atoms with van der Waals surface area (Å²) in [6, 6.07) is 29.3. The number of halogens is 2. The van der Waals surface area contributed by atoms with Crippen molar-refractivity contribution in [2.75, 3.05) is 0 Å². The van der Waals surface area contributed by atoms with Gasteiger partial charge >= 0.3 is 0 Å². The quantitative estimate of drug-likeness (QED) is 0.177. The maximum Gasteiger partial charge on any atom is 0.273 e. The fraction of sp³-hybridized carbons (Fsp3) is 0.119. The number of carbonyl (C=O) groups is 2. The van der Waals surface area contributed by atoms with E-state index in [2.05, 4.69) is 25.6 Å². The Labute approximate surface area is 298 Å². The van der Waals surface area contributed by atoms with Gasteiger partial charge in [0.05, 0.1) is 17.8 Å². The Morgan fingerprint density at radius 1 is 0.654 bits per heavy atom. The second-order valence-electron chi connectivity index (χ2n) is 12.9. The lowest BCUT2D eigenvalue weighted by molar-refractivity contribution is 0.0755. The molecule has 0 saturated carbocycles. The summed E-state index contributed by atoms with van der Waals surface area (Å²) in [4.78, 5) is 40.5. The topological polar surface area (TPSA) is 84.2 Å². The predicted octanol–water partition coefficient (Wildman–Crippen LogP) is 7.97. The van der Waals surface area contributed by atoms with Crippen LogP contribution >= 0.6 is 0 Å². The fourth-order valence-electron chi connectivity index (χ4n) is 6.74. The van der Waals surface area contributed by atoms with E-state index >= 15 is 0 Å². The molecular formula is C42H32F2N6O2. The first-order chi connectivity index (χ1) is 25.3. The number of nitrogens with zero attached hydrogens (tertiary/aromatic N) is 6. The van der Waals surface area contributed by atoms with E-state index in [1.165, 1.54) is 6.07 Å². The molecule has 0 aliphatic carbocycles. The zero-order chi connectivity index (χ0) is 35.8. The zero-order valence-corrected chi connectivity index (χ0v) is 28.2. The van der Waals surface area contributed by atoms with Crippen LogP contribution in [0.1, 0.15) is 43.2 Å². The summed E-state index contributed by atoms with van der Waals surface area (Å²) in [7, 11) is 2.00. The number of aryl methyl sites for hydroxylation is 1. The van der Waals surface area contributed by atoms with Crippen LogP contribution in [0.3, 0.4) is 0 Å². The Balaban J connectivity index is 0.000000151. The van der Waals surface area contributed by atoms with Crippen LogP contribution in [-0.4, -0.2) is 41.1 Å². The first kappa shape index (κ1) is 32.6. The second-order valence-corrected chi connectivity index (χ2v) is 12.9. The van der Waals surface area contributed by atoms with E-state index in [0.717, 1.165) is 44.4 Å². The van der Waals surface area contributed by atoms with E-state index in [9.17, 15) is 18.4 Å². The van der Waals surface area contributed by atoms with E-state index in [4.69, 9.17) is 0 Å². The number of amides is 2. The largest absolute Gasteiger partial charge is 0.351 e. The Hall–Kier alpha value is -6.55. The maximum absolute atomic E-state index is 14.8. The molecule has 3 aromatic carbocycles. The van der Waals surface area contributed by atoms with Crippen LogP contribution in [0.5, 0.6) is 0 Å². The van der Waals surface area contributed by atoms with E-state index < -0.39 is 0 Å². The Bertz CT molecular complexity index is 2480. The summed E-state index contributed by atoms with van der Waals surface area (Å²) in [6.45, 7) is 1.35. The van der Waals surface area contributed by atoms with Crippen LogP contribution in [0.25, 0.3) is 33.2 Å². The minimum Gasteiger partial charge on any atom is -0.351 e. The SMILES string of the molecule is Cn1ccc2cc(-c3ccc(CN4Cc5ncccc5C4=O)c(F)c3)ccc21.O=C1c2ncccc2CN1Cc1ccc(-c2cccnc2)cc1F. The zero-order valence-electron chi connectivity index (χ0n) is 28.2. The molecule has 7 aromatic rings. The van der Waals surface area contributed by atoms with Crippen molar-refractivity contribution >= 4 is 22.7 Å². The van der Waals surface area contributed by atoms with Gasteiger partial charge in [-0.15, -0.1) is 0 Å². The highest BCUT2D eigenvalue weighted by Gasteiger charge is 2.30. The average Bonchev–Trinajstić information content (AvgIpc) is 3.82. The molecule has 0 radical (unpaired) electrons. The van der Waals surface area contributed by atoms with Crippen molar-refractivity contribution in [1.29, 1.82) is 0 Å². The molecule has 0 bridgehead atoms. The van der Waals surface area contributed by atoms with Crippen LogP contribution in [0.2, 0.25) is 0 Å². The smallest absolute Gasteiger partial charge is 0.273 e. The summed E-state index contributed by atoms with van der Waals surface area (Å²) in [5, 5.41) is 1.12. The van der Waals surface area contributed by atoms with Crippen LogP contribution < -0.4 is 0 Å². The number of pyridine rings is 3. The van der Waals surface area contributed by atoms with Gasteiger partial charge in [0.2, 0.25) is 0 Å². The van der Waals surface area contributed by atoms with Gasteiger partial charge in [-0.1, -0.05) is 42.5 Å². The third-order valence-electron chi connectivity index (χ3n) is 9.53. The summed E-state index contributed by atoms with van der Waals surface area (Å²) < 4.78 is 31.3. The fourth-order valence-corrected chi connectivity index (χ4v) is 6.74. The molecular weight excluding hydrogens is 658 g/mol. The van der Waals surface area contributed by atoms with E-state index in [0.29, 0.717) is 35.5 Å². The lowest BCUT2D eigenvalue weighted by Gasteiger charge is -2.16. The first-order valence-electron chi connectivity index (χ1n) is 16.8. The molecule has 256 valence electrons. The van der Waals surface area contributed by atoms with Crippen molar-refractivity contribution < 1.29 is 18.4 Å². The second kappa shape index (κ2) is 13.6. The molecule has 6 heterocycles. The van der Waals surface area contributed by atoms with Crippen molar-refractivity contribution in [3.05, 3.63) is 173 Å². The lowest BCUT2D eigenvalue weighted by Crippen LogP contribution is -2.24. The van der Waals surface area contributed by atoms with Crippen LogP contribution in [0.4, 0.5) is 8.78 Å². The van der Waals surface area contributed by atoms with Gasteiger partial charge in [-0.25, -0.2) is 8.78 Å². The third-order valence-corrected chi connectivity index (χ3v) is 9.53. The van der Waals surface area contributed by atoms with Gasteiger partial charge in [-0.2, -0.15) is 0 Å². The third kappa shape index (κ3) is 6.30. The van der Waals surface area contributed by atoms with E-state index in [-0.39, 0.29) is 36.5 Å². The molecule has 0 saturated heterocycles. The summed E-state index contributed by atoms with van der Waals surface area (Å²) in [5.74, 6) is -0.877. The van der Waals surface area contributed by atoms with Crippen molar-refractivity contribution in [1.82, 2.24) is 29.3 Å². The first-order valence-corrected chi connectivity index (χ1v) is 16.8. The van der Waals surface area contributed by atoms with E-state index in [1.54, 1.807) is 71.0 Å². The van der Waals surface area contributed by atoms with Crippen LogP contribution in [0.15, 0.2) is 128 Å². The number of fused-ring (bicyclic) bond motifs is 3. The molecule has 2 aliphatic rings. The molecule has 0 N–H and O–H groups in total. The monoisotopic (exact) mass is 690 g/mol. The van der Waals surface area contributed by atoms with Gasteiger partial charge in [-0.05, 0) is 71.3 Å². The van der Waals surface area contributed by atoms with Gasteiger partial charge in [0, 0.05) is 90.8 Å². The summed E-state index contributed by atoms with van der Waals surface area (Å²) >= 11 is 0. The number of hydrogen-bond donors (Lipinski definition) is 0. The van der Waals surface area contributed by atoms with Gasteiger partial charge in [0.25, 0.3) is 11.8 Å². The number of aromatic nitrogens is 4. The molecule has 2 aliphatic heterocycles. The van der Waals surface area contributed by atoms with Gasteiger partial charge in [0.1, 0.15) is 17.3 Å². The van der Waals surface area contributed by atoms with E-state index in [1.807, 2.05) is 61.8 Å². The molecule has 4 aromatic heterocycles. The maximum atomic E-state index is 14.8. The minimum absolute atomic E-state index is 0.0962. The molecule has 0 unspecified atom stereocenters. The molecule has 52 heavy (non-hydrogen) atoms. The van der Waals surface area contributed by atoms with Crippen molar-refractivity contribution in [2.24, 2.45) is 7.05 Å². The standard InChI is InChI=1S/C23H18FN3O.C19H14FN3O/c1-26-10-8-17-11-15(6-7-22(17)26)16-4-5-18(20(24)12-16)13-27-14-21-19(23(27)28)3-2-9-25-21;20-17-9-13(14-3-1-7-21-10-14)5-6-15(17)11-23-12-16-4-2-8-22-18(16)19(23)24/h2-12H,13-14H2,1H3;1-10H,11-12H2. The molecule has 0 spiro atoms. The highest BCUT2D eigenvalue weighted by Crippen LogP contribution is 2.29. The molecule has 2 amide bonds. The van der Waals surface area contributed by atoms with Crippen LogP contribution in [0, 0.1) is 11.6 Å². The van der Waals surface area contributed by atoms with Crippen molar-refractivity contribution in [3.8, 4) is 22.3 Å². The number of hydrogen-bond acceptors (Lipinski definition) is 5.